The van der Waals surface area contributed by atoms with Crippen molar-refractivity contribution in [3.8, 4) is 22.3 Å². The molecule has 4 aromatic rings. The van der Waals surface area contributed by atoms with Gasteiger partial charge in [-0.15, -0.1) is 0 Å². The van der Waals surface area contributed by atoms with Crippen molar-refractivity contribution in [2.45, 2.75) is 51.6 Å². The molecule has 0 atom stereocenters. The maximum atomic E-state index is 14.5. The maximum Gasteiger partial charge on any atom is 0.491 e. The Labute approximate surface area is 237 Å². The lowest BCUT2D eigenvalue weighted by atomic mass is 9.98. The number of hydrogen-bond acceptors (Lipinski definition) is 5. The molecular formula is C34H36NO4P. The van der Waals surface area contributed by atoms with Crippen molar-refractivity contribution in [3.63, 3.8) is 0 Å². The summed E-state index contributed by atoms with van der Waals surface area (Å²) in [7, 11) is -4.01. The van der Waals surface area contributed by atoms with Gasteiger partial charge in [-0.1, -0.05) is 97.1 Å². The second-order valence-corrected chi connectivity index (χ2v) is 12.7. The molecule has 0 N–H and O–H groups in total. The summed E-state index contributed by atoms with van der Waals surface area (Å²) in [5, 5.41) is 1.72. The predicted molar refractivity (Wildman–Crippen MR) is 160 cm³/mol. The molecule has 0 aromatic heterocycles. The summed E-state index contributed by atoms with van der Waals surface area (Å²) in [5.74, 6) is -0.125. The molecule has 0 amide bonds. The molecule has 0 spiro atoms. The molecule has 0 aliphatic heterocycles. The second-order valence-electron chi connectivity index (χ2n) is 11.1. The Morgan fingerprint density at radius 1 is 0.575 bits per heavy atom. The van der Waals surface area contributed by atoms with Gasteiger partial charge in [-0.3, -0.25) is 9.05 Å². The van der Waals surface area contributed by atoms with Crippen LogP contribution in [0.2, 0.25) is 0 Å². The Morgan fingerprint density at radius 3 is 1.18 bits per heavy atom. The van der Waals surface area contributed by atoms with Crippen LogP contribution in [0.1, 0.15) is 61.8 Å². The van der Waals surface area contributed by atoms with Crippen molar-refractivity contribution < 1.29 is 18.2 Å². The summed E-state index contributed by atoms with van der Waals surface area (Å²) in [4.78, 5) is 0. The number of nitrogens with zero attached hydrogens (tertiary/aromatic N) is 1. The van der Waals surface area contributed by atoms with Crippen LogP contribution >= 0.6 is 7.82 Å². The van der Waals surface area contributed by atoms with Crippen LogP contribution in [0, 0.1) is 0 Å². The second kappa shape index (κ2) is 11.1. The summed E-state index contributed by atoms with van der Waals surface area (Å²) in [6.45, 7) is 8.42. The van der Waals surface area contributed by atoms with Crippen LogP contribution in [-0.4, -0.2) is 30.4 Å². The zero-order chi connectivity index (χ0) is 27.9. The summed E-state index contributed by atoms with van der Waals surface area (Å²) in [5.41, 5.74) is 9.41. The van der Waals surface area contributed by atoms with Gasteiger partial charge >= 0.3 is 7.82 Å². The molecule has 0 radical (unpaired) electrons. The molecular weight excluding hydrogens is 517 g/mol. The third-order valence-corrected chi connectivity index (χ3v) is 9.26. The topological polar surface area (TPSA) is 48.0 Å². The van der Waals surface area contributed by atoms with Gasteiger partial charge in [0.15, 0.2) is 0 Å². The Balaban J connectivity index is 1.29. The molecule has 0 unspecified atom stereocenters. The molecule has 2 aliphatic rings. The Kier molecular flexibility index (Phi) is 7.52. The minimum atomic E-state index is -4.01. The van der Waals surface area contributed by atoms with E-state index in [0.717, 1.165) is 0 Å². The van der Waals surface area contributed by atoms with Crippen molar-refractivity contribution in [1.82, 2.24) is 5.06 Å². The molecule has 206 valence electrons. The zero-order valence-electron chi connectivity index (χ0n) is 23.5. The third-order valence-electron chi connectivity index (χ3n) is 7.94. The quantitative estimate of drug-likeness (QED) is 0.145. The van der Waals surface area contributed by atoms with E-state index in [4.69, 9.17) is 13.7 Å². The average Bonchev–Trinajstić information content (AvgIpc) is 3.46. The number of fused-ring (bicyclic) bond motifs is 6. The lowest BCUT2D eigenvalue weighted by molar-refractivity contribution is -0.137. The first-order valence-electron chi connectivity index (χ1n) is 14.1. The Hall–Kier alpha value is -3.05. The molecule has 0 saturated carbocycles. The normalized spacial score (nSPS) is 14.6. The zero-order valence-corrected chi connectivity index (χ0v) is 24.4. The van der Waals surface area contributed by atoms with Gasteiger partial charge in [0.2, 0.25) is 0 Å². The van der Waals surface area contributed by atoms with E-state index in [1.54, 1.807) is 5.06 Å². The van der Waals surface area contributed by atoms with Gasteiger partial charge in [0.25, 0.3) is 0 Å². The average molecular weight is 554 g/mol. The van der Waals surface area contributed by atoms with E-state index in [1.807, 2.05) is 52.0 Å². The van der Waals surface area contributed by atoms with Gasteiger partial charge in [-0.25, -0.2) is 4.57 Å². The third kappa shape index (κ3) is 4.98. The lowest BCUT2D eigenvalue weighted by Crippen LogP contribution is -2.36. The fourth-order valence-corrected chi connectivity index (χ4v) is 7.64. The summed E-state index contributed by atoms with van der Waals surface area (Å²) in [6.07, 6.45) is 0. The molecule has 0 heterocycles. The van der Waals surface area contributed by atoms with Gasteiger partial charge in [-0.05, 0) is 72.2 Å². The minimum absolute atomic E-state index is 0.0126. The minimum Gasteiger partial charge on any atom is -0.285 e. The van der Waals surface area contributed by atoms with Gasteiger partial charge in [0.05, 0.1) is 13.2 Å². The first-order valence-corrected chi connectivity index (χ1v) is 15.6. The van der Waals surface area contributed by atoms with E-state index >= 15 is 0 Å². The monoisotopic (exact) mass is 553 g/mol. The number of rotatable bonds is 10. The molecule has 40 heavy (non-hydrogen) atoms. The number of phosphoric ester groups is 1. The molecule has 4 aromatic carbocycles. The van der Waals surface area contributed by atoms with Crippen molar-refractivity contribution in [3.05, 3.63) is 119 Å². The van der Waals surface area contributed by atoms with E-state index in [1.165, 1.54) is 44.5 Å². The van der Waals surface area contributed by atoms with Crippen molar-refractivity contribution in [1.29, 1.82) is 0 Å². The SMILES string of the molecule is CC(C)N(OP(=O)(OCC1c2ccccc2-c2ccccc21)OCC1c2ccccc2-c2ccccc21)C(C)C. The molecule has 6 rings (SSSR count). The van der Waals surface area contributed by atoms with E-state index in [2.05, 4.69) is 72.8 Å². The fourth-order valence-electron chi connectivity index (χ4n) is 6.20. The molecule has 5 nitrogen and oxygen atoms in total. The standard InChI is InChI=1S/C34H36NO4P/c1-23(2)35(24(3)4)39-40(36,37-21-33-29-17-9-5-13-25(29)26-14-6-10-18-30(26)33)38-22-34-31-19-11-7-15-27(31)28-16-8-12-20-32(28)34/h5-20,23-24,33-34H,21-22H2,1-4H3. The van der Waals surface area contributed by atoms with Crippen molar-refractivity contribution >= 4 is 7.82 Å². The van der Waals surface area contributed by atoms with Crippen LogP contribution in [0.25, 0.3) is 22.3 Å². The number of benzene rings is 4. The summed E-state index contributed by atoms with van der Waals surface area (Å²) >= 11 is 0. The van der Waals surface area contributed by atoms with Crippen LogP contribution in [0.4, 0.5) is 0 Å². The highest BCUT2D eigenvalue weighted by molar-refractivity contribution is 7.48. The number of hydroxylamine groups is 2. The van der Waals surface area contributed by atoms with Gasteiger partial charge in [-0.2, -0.15) is 9.69 Å². The smallest absolute Gasteiger partial charge is 0.285 e. The highest BCUT2D eigenvalue weighted by Crippen LogP contribution is 2.56. The molecule has 2 aliphatic carbocycles. The van der Waals surface area contributed by atoms with Crippen LogP contribution in [0.5, 0.6) is 0 Å². The lowest BCUT2D eigenvalue weighted by Gasteiger charge is -2.32. The molecule has 0 fully saturated rings. The first kappa shape index (κ1) is 27.1. The van der Waals surface area contributed by atoms with Crippen LogP contribution in [0.3, 0.4) is 0 Å². The van der Waals surface area contributed by atoms with Crippen LogP contribution in [-0.2, 0) is 18.2 Å². The Bertz CT molecular complexity index is 1360. The first-order chi connectivity index (χ1) is 19.4. The Morgan fingerprint density at radius 2 is 0.875 bits per heavy atom. The van der Waals surface area contributed by atoms with Gasteiger partial charge in [0.1, 0.15) is 0 Å². The van der Waals surface area contributed by atoms with Crippen molar-refractivity contribution in [2.24, 2.45) is 0 Å². The number of hydrogen-bond donors (Lipinski definition) is 0. The number of phosphoric acid groups is 1. The molecule has 6 heteroatoms. The fraction of sp³-hybridized carbons (Fsp3) is 0.294. The predicted octanol–water partition coefficient (Wildman–Crippen LogP) is 8.80. The summed E-state index contributed by atoms with van der Waals surface area (Å²) < 4.78 is 33.2. The van der Waals surface area contributed by atoms with Crippen molar-refractivity contribution in [2.75, 3.05) is 13.2 Å². The maximum absolute atomic E-state index is 14.5. The van der Waals surface area contributed by atoms with Crippen LogP contribution in [0.15, 0.2) is 97.1 Å². The summed E-state index contributed by atoms with van der Waals surface area (Å²) in [6, 6.07) is 33.4. The largest absolute Gasteiger partial charge is 0.491 e. The molecule has 0 saturated heterocycles. The van der Waals surface area contributed by atoms with E-state index < -0.39 is 7.82 Å². The van der Waals surface area contributed by atoms with E-state index in [0.29, 0.717) is 0 Å². The highest BCUT2D eigenvalue weighted by atomic mass is 31.2. The van der Waals surface area contributed by atoms with E-state index in [9.17, 15) is 4.57 Å². The van der Waals surface area contributed by atoms with E-state index in [-0.39, 0.29) is 37.1 Å². The van der Waals surface area contributed by atoms with Crippen LogP contribution < -0.4 is 0 Å². The molecule has 0 bridgehead atoms. The highest BCUT2D eigenvalue weighted by Gasteiger charge is 2.39. The van der Waals surface area contributed by atoms with Gasteiger partial charge in [0, 0.05) is 23.9 Å². The van der Waals surface area contributed by atoms with Gasteiger partial charge < -0.3 is 0 Å².